The van der Waals surface area contributed by atoms with Crippen LogP contribution < -0.4 is 5.32 Å². The first-order chi connectivity index (χ1) is 11.8. The van der Waals surface area contributed by atoms with Gasteiger partial charge in [0.15, 0.2) is 5.82 Å². The lowest BCUT2D eigenvalue weighted by molar-refractivity contribution is 0.454. The first-order valence-electron chi connectivity index (χ1n) is 8.27. The highest BCUT2D eigenvalue weighted by atomic mass is 19.1. The average molecular weight is 322 g/mol. The van der Waals surface area contributed by atoms with Gasteiger partial charge in [-0.15, -0.1) is 0 Å². The van der Waals surface area contributed by atoms with Gasteiger partial charge in [-0.2, -0.15) is 5.10 Å². The fraction of sp³-hybridized carbons (Fsp3) is 0.263. The van der Waals surface area contributed by atoms with Crippen molar-refractivity contribution < 1.29 is 4.39 Å². The third kappa shape index (κ3) is 2.95. The zero-order chi connectivity index (χ0) is 16.4. The molecular weight excluding hydrogens is 303 g/mol. The molecule has 0 radical (unpaired) electrons. The molecule has 24 heavy (non-hydrogen) atoms. The van der Waals surface area contributed by atoms with Crippen LogP contribution in [0.15, 0.2) is 54.9 Å². The molecule has 1 aliphatic carbocycles. The minimum Gasteiger partial charge on any atom is -0.306 e. The smallest absolute Gasteiger partial charge is 0.153 e. The van der Waals surface area contributed by atoms with Gasteiger partial charge in [0.05, 0.1) is 11.9 Å². The fourth-order valence-corrected chi connectivity index (χ4v) is 3.33. The van der Waals surface area contributed by atoms with Crippen molar-refractivity contribution >= 4 is 0 Å². The Morgan fingerprint density at radius 2 is 2.17 bits per heavy atom. The molecule has 1 aromatic carbocycles. The highest BCUT2D eigenvalue weighted by Crippen LogP contribution is 2.30. The lowest BCUT2D eigenvalue weighted by Crippen LogP contribution is -2.25. The highest BCUT2D eigenvalue weighted by Gasteiger charge is 2.24. The maximum atomic E-state index is 13.3. The van der Waals surface area contributed by atoms with Crippen LogP contribution >= 0.6 is 0 Å². The first kappa shape index (κ1) is 15.0. The summed E-state index contributed by atoms with van der Waals surface area (Å²) < 4.78 is 15.3. The molecule has 0 saturated heterocycles. The van der Waals surface area contributed by atoms with Gasteiger partial charge in [0.1, 0.15) is 5.82 Å². The van der Waals surface area contributed by atoms with Crippen molar-refractivity contribution in [2.45, 2.75) is 31.8 Å². The minimum atomic E-state index is -0.193. The maximum Gasteiger partial charge on any atom is 0.153 e. The summed E-state index contributed by atoms with van der Waals surface area (Å²) >= 11 is 0. The van der Waals surface area contributed by atoms with Crippen molar-refractivity contribution in [1.82, 2.24) is 20.1 Å². The average Bonchev–Trinajstić information content (AvgIpc) is 3.05. The monoisotopic (exact) mass is 322 g/mol. The van der Waals surface area contributed by atoms with Gasteiger partial charge in [-0.25, -0.2) is 14.1 Å². The zero-order valence-electron chi connectivity index (χ0n) is 13.3. The Balaban J connectivity index is 1.55. The van der Waals surface area contributed by atoms with Crippen molar-refractivity contribution in [3.63, 3.8) is 0 Å². The molecule has 2 aromatic heterocycles. The molecule has 0 amide bonds. The number of benzene rings is 1. The Bertz CT molecular complexity index is 828. The van der Waals surface area contributed by atoms with Crippen LogP contribution in [-0.2, 0) is 13.0 Å². The molecule has 122 valence electrons. The number of nitrogens with zero attached hydrogens (tertiary/aromatic N) is 3. The van der Waals surface area contributed by atoms with E-state index in [2.05, 4.69) is 15.4 Å². The van der Waals surface area contributed by atoms with Gasteiger partial charge in [0.25, 0.3) is 0 Å². The van der Waals surface area contributed by atoms with Crippen molar-refractivity contribution in [3.8, 4) is 5.82 Å². The summed E-state index contributed by atoms with van der Waals surface area (Å²) in [5.41, 5.74) is 3.40. The van der Waals surface area contributed by atoms with Gasteiger partial charge in [0, 0.05) is 24.3 Å². The number of pyridine rings is 1. The molecule has 1 N–H and O–H groups in total. The van der Waals surface area contributed by atoms with Crippen LogP contribution in [0.3, 0.4) is 0 Å². The highest BCUT2D eigenvalue weighted by molar-refractivity contribution is 5.32. The molecule has 1 atom stereocenters. The van der Waals surface area contributed by atoms with Crippen molar-refractivity contribution in [2.24, 2.45) is 0 Å². The molecule has 2 heterocycles. The van der Waals surface area contributed by atoms with E-state index in [1.165, 1.54) is 17.3 Å². The fourth-order valence-electron chi connectivity index (χ4n) is 3.33. The molecule has 4 rings (SSSR count). The number of hydrogen-bond donors (Lipinski definition) is 1. The molecule has 0 bridgehead atoms. The summed E-state index contributed by atoms with van der Waals surface area (Å²) in [6.45, 7) is 0.649. The molecule has 0 aliphatic heterocycles. The number of rotatable bonds is 4. The predicted molar refractivity (Wildman–Crippen MR) is 90.3 cm³/mol. The maximum absolute atomic E-state index is 13.3. The summed E-state index contributed by atoms with van der Waals surface area (Å²) in [6, 6.07) is 12.8. The lowest BCUT2D eigenvalue weighted by Gasteiger charge is -2.24. The van der Waals surface area contributed by atoms with Crippen LogP contribution in [0.1, 0.15) is 35.7 Å². The second-order valence-corrected chi connectivity index (χ2v) is 6.10. The number of hydrogen-bond acceptors (Lipinski definition) is 3. The van der Waals surface area contributed by atoms with Gasteiger partial charge in [-0.3, -0.25) is 0 Å². The zero-order valence-corrected chi connectivity index (χ0v) is 13.3. The van der Waals surface area contributed by atoms with Crippen LogP contribution in [0.25, 0.3) is 5.82 Å². The van der Waals surface area contributed by atoms with Crippen LogP contribution in [-0.4, -0.2) is 14.8 Å². The Kier molecular flexibility index (Phi) is 4.09. The van der Waals surface area contributed by atoms with Gasteiger partial charge < -0.3 is 5.32 Å². The molecule has 0 unspecified atom stereocenters. The molecule has 3 aromatic rings. The number of fused-ring (bicyclic) bond motifs is 1. The molecule has 1 aliphatic rings. The predicted octanol–water partition coefficient (Wildman–Crippen LogP) is 3.57. The number of nitrogens with one attached hydrogen (secondary N) is 1. The van der Waals surface area contributed by atoms with Gasteiger partial charge in [0.2, 0.25) is 0 Å². The summed E-state index contributed by atoms with van der Waals surface area (Å²) in [5, 5.41) is 8.09. The van der Waals surface area contributed by atoms with E-state index in [1.54, 1.807) is 18.3 Å². The van der Waals surface area contributed by atoms with E-state index in [0.29, 0.717) is 6.54 Å². The summed E-state index contributed by atoms with van der Waals surface area (Å²) in [6.07, 6.45) is 6.89. The molecule has 0 spiro atoms. The topological polar surface area (TPSA) is 42.7 Å². The van der Waals surface area contributed by atoms with Crippen LogP contribution in [0.2, 0.25) is 0 Å². The Morgan fingerprint density at radius 1 is 1.21 bits per heavy atom. The van der Waals surface area contributed by atoms with Gasteiger partial charge in [-0.05, 0) is 49.1 Å². The molecular formula is C19H19FN4. The molecule has 5 heteroatoms. The van der Waals surface area contributed by atoms with Crippen LogP contribution in [0, 0.1) is 5.82 Å². The van der Waals surface area contributed by atoms with E-state index in [4.69, 9.17) is 0 Å². The second kappa shape index (κ2) is 6.53. The second-order valence-electron chi connectivity index (χ2n) is 6.10. The molecule has 0 fully saturated rings. The SMILES string of the molecule is Fc1cccc(CN[C@@H]2CCCc3c2cnn3-c2ccccn2)c1. The summed E-state index contributed by atoms with van der Waals surface area (Å²) in [4.78, 5) is 4.40. The standard InChI is InChI=1S/C19H19FN4/c20-15-6-3-5-14(11-15)12-22-17-7-4-8-18-16(17)13-23-24(18)19-9-1-2-10-21-19/h1-3,5-6,9-11,13,17,22H,4,7-8,12H2/t17-/m1/s1. The van der Waals surface area contributed by atoms with E-state index in [-0.39, 0.29) is 11.9 Å². The largest absolute Gasteiger partial charge is 0.306 e. The van der Waals surface area contributed by atoms with Gasteiger partial charge in [-0.1, -0.05) is 18.2 Å². The van der Waals surface area contributed by atoms with Crippen LogP contribution in [0.5, 0.6) is 0 Å². The van der Waals surface area contributed by atoms with E-state index < -0.39 is 0 Å². The Hall–Kier alpha value is -2.53. The van der Waals surface area contributed by atoms with E-state index in [0.717, 1.165) is 30.6 Å². The first-order valence-corrected chi connectivity index (χ1v) is 8.27. The van der Waals surface area contributed by atoms with Crippen molar-refractivity contribution in [1.29, 1.82) is 0 Å². The van der Waals surface area contributed by atoms with E-state index >= 15 is 0 Å². The third-order valence-corrected chi connectivity index (χ3v) is 4.49. The number of aromatic nitrogens is 3. The lowest BCUT2D eigenvalue weighted by atomic mass is 9.92. The Labute approximate surface area is 140 Å². The molecule has 0 saturated carbocycles. The minimum absolute atomic E-state index is 0.193. The quantitative estimate of drug-likeness (QED) is 0.798. The normalized spacial score (nSPS) is 16.8. The third-order valence-electron chi connectivity index (χ3n) is 4.49. The van der Waals surface area contributed by atoms with E-state index in [1.807, 2.05) is 35.1 Å². The summed E-state index contributed by atoms with van der Waals surface area (Å²) in [7, 11) is 0. The Morgan fingerprint density at radius 3 is 3.00 bits per heavy atom. The van der Waals surface area contributed by atoms with E-state index in [9.17, 15) is 4.39 Å². The van der Waals surface area contributed by atoms with Gasteiger partial charge >= 0.3 is 0 Å². The van der Waals surface area contributed by atoms with Crippen molar-refractivity contribution in [3.05, 3.63) is 77.5 Å². The number of halogens is 1. The summed E-state index contributed by atoms with van der Waals surface area (Å²) in [5.74, 6) is 0.658. The van der Waals surface area contributed by atoms with Crippen LogP contribution in [0.4, 0.5) is 4.39 Å². The van der Waals surface area contributed by atoms with Crippen molar-refractivity contribution in [2.75, 3.05) is 0 Å². The molecule has 4 nitrogen and oxygen atoms in total.